The maximum Gasteiger partial charge on any atom is 0.156 e. The molecule has 2 aromatic heterocycles. The fourth-order valence-electron chi connectivity index (χ4n) is 3.91. The second-order valence-corrected chi connectivity index (χ2v) is 6.39. The Bertz CT molecular complexity index is 621. The molecule has 0 bridgehead atoms. The van der Waals surface area contributed by atoms with Crippen molar-refractivity contribution < 1.29 is 0 Å². The van der Waals surface area contributed by atoms with E-state index in [-0.39, 0.29) is 0 Å². The lowest BCUT2D eigenvalue weighted by molar-refractivity contribution is 0.318. The summed E-state index contributed by atoms with van der Waals surface area (Å²) in [5.41, 5.74) is 2.21. The van der Waals surface area contributed by atoms with Crippen molar-refractivity contribution >= 4 is 16.9 Å². The minimum atomic E-state index is 0.755. The molecule has 112 valence electrons. The lowest BCUT2D eigenvalue weighted by atomic mass is 9.88. The molecule has 2 fully saturated rings. The summed E-state index contributed by atoms with van der Waals surface area (Å²) < 4.78 is 2.07. The summed E-state index contributed by atoms with van der Waals surface area (Å²) in [6.45, 7) is 3.41. The monoisotopic (exact) mass is 285 g/mol. The highest BCUT2D eigenvalue weighted by molar-refractivity contribution is 5.86. The van der Waals surface area contributed by atoms with Crippen LogP contribution in [0.25, 0.3) is 11.0 Å². The number of hydrogen-bond donors (Lipinski definition) is 1. The number of aryl methyl sites for hydroxylation is 1. The lowest BCUT2D eigenvalue weighted by Gasteiger charge is -2.35. The molecule has 2 aliphatic rings. The smallest absolute Gasteiger partial charge is 0.156 e. The highest BCUT2D eigenvalue weighted by Crippen LogP contribution is 2.30. The highest BCUT2D eigenvalue weighted by atomic mass is 15.2. The predicted octanol–water partition coefficient (Wildman–Crippen LogP) is 1.94. The van der Waals surface area contributed by atoms with Crippen LogP contribution in [-0.4, -0.2) is 40.2 Å². The molecule has 1 atom stereocenters. The first kappa shape index (κ1) is 13.1. The number of pyridine rings is 1. The molecule has 21 heavy (non-hydrogen) atoms. The molecule has 2 saturated heterocycles. The van der Waals surface area contributed by atoms with Gasteiger partial charge in [-0.25, -0.2) is 9.97 Å². The highest BCUT2D eigenvalue weighted by Gasteiger charge is 2.29. The van der Waals surface area contributed by atoms with Crippen LogP contribution in [0.1, 0.15) is 25.7 Å². The summed E-state index contributed by atoms with van der Waals surface area (Å²) in [5.74, 6) is 1.90. The van der Waals surface area contributed by atoms with Crippen molar-refractivity contribution in [3.05, 3.63) is 18.6 Å². The van der Waals surface area contributed by atoms with E-state index in [0.29, 0.717) is 0 Å². The maximum absolute atomic E-state index is 4.60. The van der Waals surface area contributed by atoms with Gasteiger partial charge in [0.15, 0.2) is 5.82 Å². The molecule has 4 heterocycles. The van der Waals surface area contributed by atoms with Gasteiger partial charge in [0.05, 0.1) is 11.8 Å². The first-order valence-electron chi connectivity index (χ1n) is 8.07. The van der Waals surface area contributed by atoms with Crippen LogP contribution in [0.15, 0.2) is 18.6 Å². The van der Waals surface area contributed by atoms with E-state index >= 15 is 0 Å². The van der Waals surface area contributed by atoms with Crippen LogP contribution in [0, 0.1) is 5.92 Å². The van der Waals surface area contributed by atoms with Crippen LogP contribution >= 0.6 is 0 Å². The summed E-state index contributed by atoms with van der Waals surface area (Å²) in [4.78, 5) is 11.6. The Morgan fingerprint density at radius 1 is 1.19 bits per heavy atom. The Kier molecular flexibility index (Phi) is 3.30. The average Bonchev–Trinajstić information content (AvgIpc) is 3.18. The van der Waals surface area contributed by atoms with E-state index < -0.39 is 0 Å². The number of fused-ring (bicyclic) bond motifs is 1. The second kappa shape index (κ2) is 5.30. The van der Waals surface area contributed by atoms with E-state index in [4.69, 9.17) is 0 Å². The van der Waals surface area contributed by atoms with Gasteiger partial charge in [-0.1, -0.05) is 0 Å². The molecule has 4 rings (SSSR count). The molecule has 0 amide bonds. The molecule has 1 unspecified atom stereocenters. The minimum Gasteiger partial charge on any atom is -0.355 e. The van der Waals surface area contributed by atoms with E-state index in [1.165, 1.54) is 37.7 Å². The topological polar surface area (TPSA) is 46.0 Å². The molecule has 0 aliphatic carbocycles. The summed E-state index contributed by atoms with van der Waals surface area (Å²) in [7, 11) is 2.04. The van der Waals surface area contributed by atoms with Gasteiger partial charge in [-0.2, -0.15) is 0 Å². The third-order valence-electron chi connectivity index (χ3n) is 5.13. The normalized spacial score (nSPS) is 24.0. The van der Waals surface area contributed by atoms with Crippen LogP contribution in [0.3, 0.4) is 0 Å². The Morgan fingerprint density at radius 3 is 2.81 bits per heavy atom. The number of piperidine rings is 1. The Labute approximate surface area is 125 Å². The van der Waals surface area contributed by atoms with Gasteiger partial charge in [0, 0.05) is 32.4 Å². The zero-order chi connectivity index (χ0) is 14.2. The van der Waals surface area contributed by atoms with Gasteiger partial charge in [-0.3, -0.25) is 0 Å². The van der Waals surface area contributed by atoms with Gasteiger partial charge in [-0.05, 0) is 44.2 Å². The largest absolute Gasteiger partial charge is 0.355 e. The minimum absolute atomic E-state index is 0.755. The standard InChI is InChI=1S/C16H23N5/c1-20-11-19-15-14(20)4-8-18-16(15)21-9-5-12(6-10-21)13-3-2-7-17-13/h4,8,11-13,17H,2-3,5-7,9-10H2,1H3. The maximum atomic E-state index is 4.60. The number of imidazole rings is 1. The number of anilines is 1. The number of nitrogens with one attached hydrogen (secondary N) is 1. The molecule has 0 saturated carbocycles. The molecular weight excluding hydrogens is 262 g/mol. The Morgan fingerprint density at radius 2 is 2.05 bits per heavy atom. The molecule has 2 aromatic rings. The van der Waals surface area contributed by atoms with Crippen LogP contribution in [0.5, 0.6) is 0 Å². The fourth-order valence-corrected chi connectivity index (χ4v) is 3.91. The van der Waals surface area contributed by atoms with Crippen LogP contribution in [-0.2, 0) is 7.05 Å². The Hall–Kier alpha value is -1.62. The van der Waals surface area contributed by atoms with Crippen molar-refractivity contribution in [1.29, 1.82) is 0 Å². The van der Waals surface area contributed by atoms with E-state index in [2.05, 4.69) is 24.8 Å². The molecule has 5 nitrogen and oxygen atoms in total. The quantitative estimate of drug-likeness (QED) is 0.916. The number of hydrogen-bond acceptors (Lipinski definition) is 4. The van der Waals surface area contributed by atoms with Crippen molar-refractivity contribution in [3.63, 3.8) is 0 Å². The molecule has 0 aromatic carbocycles. The molecule has 2 aliphatic heterocycles. The summed E-state index contributed by atoms with van der Waals surface area (Å²) in [5, 5.41) is 3.66. The molecule has 1 N–H and O–H groups in total. The van der Waals surface area contributed by atoms with Crippen molar-refractivity contribution in [2.24, 2.45) is 13.0 Å². The third-order valence-corrected chi connectivity index (χ3v) is 5.13. The Balaban J connectivity index is 1.52. The van der Waals surface area contributed by atoms with Gasteiger partial charge < -0.3 is 14.8 Å². The van der Waals surface area contributed by atoms with E-state index in [9.17, 15) is 0 Å². The number of aromatic nitrogens is 3. The van der Waals surface area contributed by atoms with Crippen molar-refractivity contribution in [2.45, 2.75) is 31.7 Å². The van der Waals surface area contributed by atoms with Crippen LogP contribution in [0.2, 0.25) is 0 Å². The summed E-state index contributed by atoms with van der Waals surface area (Å²) in [6.07, 6.45) is 9.03. The number of rotatable bonds is 2. The molecule has 5 heteroatoms. The average molecular weight is 285 g/mol. The first-order chi connectivity index (χ1) is 10.3. The SMILES string of the molecule is Cn1cnc2c(N3CCC(C4CCCN4)CC3)nccc21. The zero-order valence-electron chi connectivity index (χ0n) is 12.6. The van der Waals surface area contributed by atoms with Crippen molar-refractivity contribution in [3.8, 4) is 0 Å². The van der Waals surface area contributed by atoms with Gasteiger partial charge in [0.1, 0.15) is 5.52 Å². The van der Waals surface area contributed by atoms with Crippen LogP contribution < -0.4 is 10.2 Å². The fraction of sp³-hybridized carbons (Fsp3) is 0.625. The van der Waals surface area contributed by atoms with Crippen molar-refractivity contribution in [1.82, 2.24) is 19.9 Å². The van der Waals surface area contributed by atoms with Crippen LogP contribution in [0.4, 0.5) is 5.82 Å². The second-order valence-electron chi connectivity index (χ2n) is 6.39. The summed E-state index contributed by atoms with van der Waals surface area (Å²) >= 11 is 0. The van der Waals surface area contributed by atoms with Gasteiger partial charge >= 0.3 is 0 Å². The molecular formula is C16H23N5. The summed E-state index contributed by atoms with van der Waals surface area (Å²) in [6, 6.07) is 2.80. The first-order valence-corrected chi connectivity index (χ1v) is 8.07. The molecule has 0 radical (unpaired) electrons. The lowest BCUT2D eigenvalue weighted by Crippen LogP contribution is -2.41. The van der Waals surface area contributed by atoms with Gasteiger partial charge in [-0.15, -0.1) is 0 Å². The van der Waals surface area contributed by atoms with Crippen molar-refractivity contribution in [2.75, 3.05) is 24.5 Å². The van der Waals surface area contributed by atoms with Gasteiger partial charge in [0.2, 0.25) is 0 Å². The third kappa shape index (κ3) is 2.29. The number of nitrogens with zero attached hydrogens (tertiary/aromatic N) is 4. The zero-order valence-corrected chi connectivity index (χ0v) is 12.6. The molecule has 0 spiro atoms. The van der Waals surface area contributed by atoms with E-state index in [1.807, 2.05) is 25.6 Å². The van der Waals surface area contributed by atoms with Gasteiger partial charge in [0.25, 0.3) is 0 Å². The van der Waals surface area contributed by atoms with E-state index in [0.717, 1.165) is 36.4 Å². The predicted molar refractivity (Wildman–Crippen MR) is 84.5 cm³/mol. The van der Waals surface area contributed by atoms with E-state index in [1.54, 1.807) is 0 Å².